The van der Waals surface area contributed by atoms with Gasteiger partial charge in [-0.05, 0) is 24.4 Å². The van der Waals surface area contributed by atoms with Crippen LogP contribution in [0.25, 0.3) is 10.8 Å². The molecule has 1 heterocycles. The monoisotopic (exact) mass is 394 g/mol. The maximum Gasteiger partial charge on any atom is 0.274 e. The van der Waals surface area contributed by atoms with Crippen LogP contribution in [0.2, 0.25) is 0 Å². The number of amides is 1. The fourth-order valence-corrected chi connectivity index (χ4v) is 3.02. The molecule has 1 amide bonds. The van der Waals surface area contributed by atoms with Crippen molar-refractivity contribution in [1.29, 1.82) is 0 Å². The summed E-state index contributed by atoms with van der Waals surface area (Å²) >= 11 is 0. The number of carbonyl (C=O) groups excluding carboxylic acids is 1. The van der Waals surface area contributed by atoms with Crippen molar-refractivity contribution in [1.82, 2.24) is 14.7 Å². The number of carbonyl (C=O) groups is 1. The second-order valence-corrected chi connectivity index (χ2v) is 7.66. The molecule has 0 unspecified atom stereocenters. The van der Waals surface area contributed by atoms with Crippen molar-refractivity contribution in [2.24, 2.45) is 11.1 Å². The van der Waals surface area contributed by atoms with E-state index in [-0.39, 0.29) is 29.3 Å². The lowest BCUT2D eigenvalue weighted by atomic mass is 9.93. The lowest BCUT2D eigenvalue weighted by molar-refractivity contribution is 0.0734. The molecule has 27 heavy (non-hydrogen) atoms. The Bertz CT molecular complexity index is 832. The maximum absolute atomic E-state index is 13.1. The third-order valence-corrected chi connectivity index (χ3v) is 4.61. The molecule has 0 aliphatic carbocycles. The van der Waals surface area contributed by atoms with Gasteiger partial charge in [-0.3, -0.25) is 9.59 Å². The van der Waals surface area contributed by atoms with Crippen LogP contribution in [0.15, 0.2) is 29.1 Å². The standard InChI is InChI=1S/C20H30N4O2.ClH/c1-5-6-9-12-24-18(25)16-11-8-7-10-15(16)17(22-24)19(26)23(4)14-20(2,3)13-21;/h7-8,10-11H,5-6,9,12-14,21H2,1-4H3;1H. The van der Waals surface area contributed by atoms with Gasteiger partial charge < -0.3 is 10.6 Å². The van der Waals surface area contributed by atoms with Crippen LogP contribution in [-0.2, 0) is 6.54 Å². The van der Waals surface area contributed by atoms with Crippen LogP contribution in [0.3, 0.4) is 0 Å². The van der Waals surface area contributed by atoms with Gasteiger partial charge in [-0.1, -0.05) is 51.8 Å². The molecule has 2 aromatic rings. The van der Waals surface area contributed by atoms with E-state index in [0.29, 0.717) is 36.1 Å². The third-order valence-electron chi connectivity index (χ3n) is 4.61. The van der Waals surface area contributed by atoms with Crippen molar-refractivity contribution in [2.75, 3.05) is 20.1 Å². The van der Waals surface area contributed by atoms with Crippen LogP contribution < -0.4 is 11.3 Å². The Morgan fingerprint density at radius 3 is 2.44 bits per heavy atom. The summed E-state index contributed by atoms with van der Waals surface area (Å²) in [5.74, 6) is -0.188. The van der Waals surface area contributed by atoms with E-state index in [4.69, 9.17) is 5.73 Å². The number of unbranched alkanes of at least 4 members (excludes halogenated alkanes) is 2. The number of fused-ring (bicyclic) bond motifs is 1. The summed E-state index contributed by atoms with van der Waals surface area (Å²) in [5.41, 5.74) is 5.80. The molecule has 0 atom stereocenters. The van der Waals surface area contributed by atoms with Gasteiger partial charge in [-0.15, -0.1) is 12.4 Å². The number of hydrogen-bond donors (Lipinski definition) is 1. The summed E-state index contributed by atoms with van der Waals surface area (Å²) in [6, 6.07) is 7.19. The molecule has 0 aliphatic heterocycles. The fourth-order valence-electron chi connectivity index (χ4n) is 3.02. The second kappa shape index (κ2) is 9.85. The Balaban J connectivity index is 0.00000364. The number of nitrogens with two attached hydrogens (primary N) is 1. The molecule has 0 spiro atoms. The van der Waals surface area contributed by atoms with E-state index in [1.807, 2.05) is 26.0 Å². The van der Waals surface area contributed by atoms with E-state index in [1.165, 1.54) is 4.68 Å². The van der Waals surface area contributed by atoms with E-state index >= 15 is 0 Å². The summed E-state index contributed by atoms with van der Waals surface area (Å²) in [5, 5.41) is 5.57. The van der Waals surface area contributed by atoms with E-state index in [9.17, 15) is 9.59 Å². The Morgan fingerprint density at radius 1 is 1.22 bits per heavy atom. The highest BCUT2D eigenvalue weighted by Gasteiger charge is 2.25. The average Bonchev–Trinajstić information content (AvgIpc) is 2.63. The van der Waals surface area contributed by atoms with Crippen molar-refractivity contribution < 1.29 is 4.79 Å². The molecule has 0 aliphatic rings. The first-order valence-corrected chi connectivity index (χ1v) is 9.26. The second-order valence-electron chi connectivity index (χ2n) is 7.66. The summed E-state index contributed by atoms with van der Waals surface area (Å²) < 4.78 is 1.44. The van der Waals surface area contributed by atoms with Gasteiger partial charge in [0.2, 0.25) is 0 Å². The lowest BCUT2D eigenvalue weighted by Crippen LogP contribution is -2.40. The Labute approximate surface area is 167 Å². The van der Waals surface area contributed by atoms with E-state index < -0.39 is 0 Å². The highest BCUT2D eigenvalue weighted by atomic mass is 35.5. The molecule has 2 rings (SSSR count). The minimum atomic E-state index is -0.188. The minimum Gasteiger partial charge on any atom is -0.340 e. The third kappa shape index (κ3) is 5.53. The predicted molar refractivity (Wildman–Crippen MR) is 113 cm³/mol. The Morgan fingerprint density at radius 2 is 1.85 bits per heavy atom. The van der Waals surface area contributed by atoms with Crippen molar-refractivity contribution in [3.8, 4) is 0 Å². The largest absolute Gasteiger partial charge is 0.340 e. The van der Waals surface area contributed by atoms with Crippen LogP contribution in [0.4, 0.5) is 0 Å². The molecule has 0 radical (unpaired) electrons. The zero-order valence-corrected chi connectivity index (χ0v) is 17.5. The summed E-state index contributed by atoms with van der Waals surface area (Å²) in [4.78, 5) is 27.4. The number of rotatable bonds is 8. The zero-order valence-electron chi connectivity index (χ0n) is 16.7. The summed E-state index contributed by atoms with van der Waals surface area (Å²) in [6.07, 6.45) is 2.95. The summed E-state index contributed by atoms with van der Waals surface area (Å²) in [7, 11) is 1.75. The number of aromatic nitrogens is 2. The van der Waals surface area contributed by atoms with Crippen LogP contribution in [0.1, 0.15) is 50.5 Å². The number of nitrogens with zero attached hydrogens (tertiary/aromatic N) is 3. The minimum absolute atomic E-state index is 0. The van der Waals surface area contributed by atoms with Gasteiger partial charge in [0.05, 0.1) is 5.39 Å². The topological polar surface area (TPSA) is 81.2 Å². The number of aryl methyl sites for hydroxylation is 1. The summed E-state index contributed by atoms with van der Waals surface area (Å²) in [6.45, 7) is 7.68. The van der Waals surface area contributed by atoms with Crippen molar-refractivity contribution in [2.45, 2.75) is 46.6 Å². The molecule has 0 saturated carbocycles. The van der Waals surface area contributed by atoms with E-state index in [1.54, 1.807) is 24.1 Å². The molecule has 7 heteroatoms. The van der Waals surface area contributed by atoms with Crippen LogP contribution >= 0.6 is 12.4 Å². The van der Waals surface area contributed by atoms with Gasteiger partial charge >= 0.3 is 0 Å². The molecule has 6 nitrogen and oxygen atoms in total. The predicted octanol–water partition coefficient (Wildman–Crippen LogP) is 3.07. The maximum atomic E-state index is 13.1. The van der Waals surface area contributed by atoms with Gasteiger partial charge in [-0.25, -0.2) is 4.68 Å². The first-order chi connectivity index (χ1) is 12.3. The van der Waals surface area contributed by atoms with Gasteiger partial charge in [-0.2, -0.15) is 5.10 Å². The van der Waals surface area contributed by atoms with Crippen molar-refractivity contribution >= 4 is 29.1 Å². The molecule has 2 N–H and O–H groups in total. The quantitative estimate of drug-likeness (QED) is 0.697. The SMILES string of the molecule is CCCCCn1nc(C(=O)N(C)CC(C)(C)CN)c2ccccc2c1=O.Cl. The number of benzene rings is 1. The van der Waals surface area contributed by atoms with E-state index in [2.05, 4.69) is 12.0 Å². The molecular weight excluding hydrogens is 364 g/mol. The van der Waals surface area contributed by atoms with Crippen LogP contribution in [-0.4, -0.2) is 40.7 Å². The Hall–Kier alpha value is -1.92. The number of hydrogen-bond acceptors (Lipinski definition) is 4. The number of halogens is 1. The van der Waals surface area contributed by atoms with Gasteiger partial charge in [0.25, 0.3) is 11.5 Å². The lowest BCUT2D eigenvalue weighted by Gasteiger charge is -2.29. The van der Waals surface area contributed by atoms with Crippen LogP contribution in [0.5, 0.6) is 0 Å². The highest BCUT2D eigenvalue weighted by Crippen LogP contribution is 2.19. The highest BCUT2D eigenvalue weighted by molar-refractivity contribution is 6.04. The normalized spacial score (nSPS) is 11.3. The molecule has 0 bridgehead atoms. The van der Waals surface area contributed by atoms with Crippen LogP contribution in [0, 0.1) is 5.41 Å². The zero-order chi connectivity index (χ0) is 19.3. The molecule has 0 fully saturated rings. The Kier molecular flexibility index (Phi) is 8.44. The first-order valence-electron chi connectivity index (χ1n) is 9.26. The molecule has 0 saturated heterocycles. The van der Waals surface area contributed by atoms with Gasteiger partial charge in [0.1, 0.15) is 0 Å². The van der Waals surface area contributed by atoms with Gasteiger partial charge in [0, 0.05) is 25.5 Å². The van der Waals surface area contributed by atoms with Crippen molar-refractivity contribution in [3.63, 3.8) is 0 Å². The molecular formula is C20H31ClN4O2. The first kappa shape index (κ1) is 23.1. The average molecular weight is 395 g/mol. The molecule has 1 aromatic heterocycles. The molecule has 1 aromatic carbocycles. The smallest absolute Gasteiger partial charge is 0.274 e. The molecule has 150 valence electrons. The van der Waals surface area contributed by atoms with E-state index in [0.717, 1.165) is 19.3 Å². The fraction of sp³-hybridized carbons (Fsp3) is 0.550. The van der Waals surface area contributed by atoms with Crippen molar-refractivity contribution in [3.05, 3.63) is 40.3 Å². The van der Waals surface area contributed by atoms with Gasteiger partial charge in [0.15, 0.2) is 5.69 Å².